The molecule has 0 aliphatic rings. The molecule has 0 heterocycles. The van der Waals surface area contributed by atoms with Gasteiger partial charge in [-0.05, 0) is 49.7 Å². The standard InChI is InChI=1S/C19H23FN2O2/c1-2-24-18-6-4-3-5-17(18)22-19(23)12-14-21-13-11-15-7-9-16(20)10-8-15/h3-10,21H,2,11-14H2,1H3,(H,22,23). The highest BCUT2D eigenvalue weighted by Gasteiger charge is 2.06. The topological polar surface area (TPSA) is 50.4 Å². The van der Waals surface area contributed by atoms with E-state index in [1.54, 1.807) is 12.1 Å². The smallest absolute Gasteiger partial charge is 0.225 e. The number of carbonyl (C=O) groups is 1. The summed E-state index contributed by atoms with van der Waals surface area (Å²) < 4.78 is 18.3. The summed E-state index contributed by atoms with van der Waals surface area (Å²) >= 11 is 0. The molecular weight excluding hydrogens is 307 g/mol. The van der Waals surface area contributed by atoms with Gasteiger partial charge in [-0.1, -0.05) is 24.3 Å². The number of nitrogens with one attached hydrogen (secondary N) is 2. The van der Waals surface area contributed by atoms with Crippen LogP contribution in [0.15, 0.2) is 48.5 Å². The van der Waals surface area contributed by atoms with Gasteiger partial charge in [0.2, 0.25) is 5.91 Å². The van der Waals surface area contributed by atoms with E-state index in [1.165, 1.54) is 12.1 Å². The highest BCUT2D eigenvalue weighted by molar-refractivity contribution is 5.92. The summed E-state index contributed by atoms with van der Waals surface area (Å²) in [5, 5.41) is 6.08. The van der Waals surface area contributed by atoms with Crippen molar-refractivity contribution >= 4 is 11.6 Å². The minimum absolute atomic E-state index is 0.0589. The third-order valence-corrected chi connectivity index (χ3v) is 3.49. The van der Waals surface area contributed by atoms with E-state index in [0.717, 1.165) is 18.5 Å². The molecule has 0 aliphatic heterocycles. The van der Waals surface area contributed by atoms with Crippen molar-refractivity contribution in [3.8, 4) is 5.75 Å². The van der Waals surface area contributed by atoms with Crippen LogP contribution in [0.3, 0.4) is 0 Å². The zero-order valence-corrected chi connectivity index (χ0v) is 13.8. The number of carbonyl (C=O) groups excluding carboxylic acids is 1. The molecule has 24 heavy (non-hydrogen) atoms. The Morgan fingerprint density at radius 1 is 1.08 bits per heavy atom. The fraction of sp³-hybridized carbons (Fsp3) is 0.316. The van der Waals surface area contributed by atoms with Crippen LogP contribution in [0.5, 0.6) is 5.75 Å². The van der Waals surface area contributed by atoms with Gasteiger partial charge in [-0.3, -0.25) is 4.79 Å². The van der Waals surface area contributed by atoms with E-state index in [4.69, 9.17) is 4.74 Å². The van der Waals surface area contributed by atoms with Crippen molar-refractivity contribution in [2.45, 2.75) is 19.8 Å². The largest absolute Gasteiger partial charge is 0.492 e. The SMILES string of the molecule is CCOc1ccccc1NC(=O)CCNCCc1ccc(F)cc1. The van der Waals surface area contributed by atoms with Crippen LogP contribution >= 0.6 is 0 Å². The van der Waals surface area contributed by atoms with Gasteiger partial charge >= 0.3 is 0 Å². The van der Waals surface area contributed by atoms with Crippen molar-refractivity contribution in [1.82, 2.24) is 5.32 Å². The van der Waals surface area contributed by atoms with Gasteiger partial charge in [0.15, 0.2) is 0 Å². The minimum Gasteiger partial charge on any atom is -0.492 e. The maximum atomic E-state index is 12.8. The highest BCUT2D eigenvalue weighted by Crippen LogP contribution is 2.23. The van der Waals surface area contributed by atoms with Crippen molar-refractivity contribution in [3.63, 3.8) is 0 Å². The molecule has 2 rings (SSSR count). The van der Waals surface area contributed by atoms with E-state index in [9.17, 15) is 9.18 Å². The monoisotopic (exact) mass is 330 g/mol. The highest BCUT2D eigenvalue weighted by atomic mass is 19.1. The Hall–Kier alpha value is -2.40. The number of amides is 1. The summed E-state index contributed by atoms with van der Waals surface area (Å²) in [6.07, 6.45) is 1.18. The lowest BCUT2D eigenvalue weighted by atomic mass is 10.1. The van der Waals surface area contributed by atoms with Crippen molar-refractivity contribution in [2.75, 3.05) is 25.0 Å². The molecule has 0 radical (unpaired) electrons. The average molecular weight is 330 g/mol. The summed E-state index contributed by atoms with van der Waals surface area (Å²) in [5.41, 5.74) is 1.76. The Bertz CT molecular complexity index is 644. The Kier molecular flexibility index (Phi) is 7.23. The van der Waals surface area contributed by atoms with Crippen molar-refractivity contribution in [1.29, 1.82) is 0 Å². The van der Waals surface area contributed by atoms with Crippen LogP contribution in [-0.4, -0.2) is 25.6 Å². The lowest BCUT2D eigenvalue weighted by molar-refractivity contribution is -0.116. The molecule has 2 aromatic rings. The van der Waals surface area contributed by atoms with Gasteiger partial charge in [-0.15, -0.1) is 0 Å². The summed E-state index contributed by atoms with van der Waals surface area (Å²) in [7, 11) is 0. The molecule has 128 valence electrons. The Balaban J connectivity index is 1.67. The zero-order valence-electron chi connectivity index (χ0n) is 13.8. The van der Waals surface area contributed by atoms with Gasteiger partial charge in [0.05, 0.1) is 12.3 Å². The molecule has 0 aliphatic carbocycles. The third-order valence-electron chi connectivity index (χ3n) is 3.49. The molecular formula is C19H23FN2O2. The molecule has 2 N–H and O–H groups in total. The summed E-state index contributed by atoms with van der Waals surface area (Å²) in [6, 6.07) is 13.8. The van der Waals surface area contributed by atoms with E-state index in [1.807, 2.05) is 31.2 Å². The molecule has 0 saturated heterocycles. The first kappa shape index (κ1) is 17.9. The number of hydrogen-bond acceptors (Lipinski definition) is 3. The maximum Gasteiger partial charge on any atom is 0.225 e. The predicted molar refractivity (Wildman–Crippen MR) is 93.8 cm³/mol. The van der Waals surface area contributed by atoms with Gasteiger partial charge in [0.1, 0.15) is 11.6 Å². The number of anilines is 1. The van der Waals surface area contributed by atoms with Gasteiger partial charge in [0.25, 0.3) is 0 Å². The van der Waals surface area contributed by atoms with Crippen LogP contribution in [0.4, 0.5) is 10.1 Å². The molecule has 0 fully saturated rings. The van der Waals surface area contributed by atoms with Crippen LogP contribution in [0.2, 0.25) is 0 Å². The third kappa shape index (κ3) is 6.01. The summed E-state index contributed by atoms with van der Waals surface area (Å²) in [5.74, 6) is 0.393. The lowest BCUT2D eigenvalue weighted by Crippen LogP contribution is -2.23. The fourth-order valence-electron chi connectivity index (χ4n) is 2.27. The number of rotatable bonds is 9. The Labute approximate surface area is 142 Å². The van der Waals surface area contributed by atoms with E-state index in [2.05, 4.69) is 10.6 Å². The van der Waals surface area contributed by atoms with E-state index < -0.39 is 0 Å². The fourth-order valence-corrected chi connectivity index (χ4v) is 2.27. The van der Waals surface area contributed by atoms with E-state index in [-0.39, 0.29) is 11.7 Å². The van der Waals surface area contributed by atoms with E-state index in [0.29, 0.717) is 31.0 Å². The summed E-state index contributed by atoms with van der Waals surface area (Å²) in [6.45, 7) is 3.79. The van der Waals surface area contributed by atoms with Gasteiger partial charge in [-0.25, -0.2) is 4.39 Å². The van der Waals surface area contributed by atoms with Gasteiger partial charge in [-0.2, -0.15) is 0 Å². The minimum atomic E-state index is -0.226. The zero-order chi connectivity index (χ0) is 17.2. The molecule has 0 aromatic heterocycles. The molecule has 0 atom stereocenters. The van der Waals surface area contributed by atoms with Crippen molar-refractivity contribution in [2.24, 2.45) is 0 Å². The predicted octanol–water partition coefficient (Wildman–Crippen LogP) is 3.39. The second-order valence-electron chi connectivity index (χ2n) is 5.35. The molecule has 4 nitrogen and oxygen atoms in total. The molecule has 1 amide bonds. The van der Waals surface area contributed by atoms with E-state index >= 15 is 0 Å². The number of halogens is 1. The second kappa shape index (κ2) is 9.67. The average Bonchev–Trinajstić information content (AvgIpc) is 2.58. The molecule has 0 unspecified atom stereocenters. The quantitative estimate of drug-likeness (QED) is 0.693. The van der Waals surface area contributed by atoms with Gasteiger partial charge in [0, 0.05) is 13.0 Å². The summed E-state index contributed by atoms with van der Waals surface area (Å²) in [4.78, 5) is 12.0. The normalized spacial score (nSPS) is 10.4. The van der Waals surface area contributed by atoms with Crippen LogP contribution in [0.1, 0.15) is 18.9 Å². The molecule has 0 bridgehead atoms. The first-order valence-corrected chi connectivity index (χ1v) is 8.16. The Morgan fingerprint density at radius 3 is 2.58 bits per heavy atom. The molecule has 2 aromatic carbocycles. The molecule has 5 heteroatoms. The number of benzene rings is 2. The molecule has 0 spiro atoms. The second-order valence-corrected chi connectivity index (χ2v) is 5.35. The Morgan fingerprint density at radius 2 is 1.83 bits per heavy atom. The number of para-hydroxylation sites is 2. The number of ether oxygens (including phenoxy) is 1. The van der Waals surface area contributed by atoms with Crippen LogP contribution in [0, 0.1) is 5.82 Å². The maximum absolute atomic E-state index is 12.8. The van der Waals surface area contributed by atoms with Crippen LogP contribution in [0.25, 0.3) is 0 Å². The van der Waals surface area contributed by atoms with Gasteiger partial charge < -0.3 is 15.4 Å². The van der Waals surface area contributed by atoms with Crippen LogP contribution < -0.4 is 15.4 Å². The van der Waals surface area contributed by atoms with Crippen LogP contribution in [-0.2, 0) is 11.2 Å². The first-order valence-electron chi connectivity index (χ1n) is 8.16. The van der Waals surface area contributed by atoms with Crippen molar-refractivity contribution in [3.05, 3.63) is 59.9 Å². The number of hydrogen-bond donors (Lipinski definition) is 2. The molecule has 0 saturated carbocycles. The van der Waals surface area contributed by atoms with Crippen molar-refractivity contribution < 1.29 is 13.9 Å². The first-order chi connectivity index (χ1) is 11.7. The lowest BCUT2D eigenvalue weighted by Gasteiger charge is -2.11.